The van der Waals surface area contributed by atoms with Crippen LogP contribution in [0.2, 0.25) is 5.02 Å². The summed E-state index contributed by atoms with van der Waals surface area (Å²) in [7, 11) is 0. The Kier molecular flexibility index (Phi) is 2.99. The van der Waals surface area contributed by atoms with E-state index in [1.165, 1.54) is 0 Å². The minimum absolute atomic E-state index is 0.0402. The zero-order valence-corrected chi connectivity index (χ0v) is 11.7. The van der Waals surface area contributed by atoms with Gasteiger partial charge in [-0.25, -0.2) is 0 Å². The Morgan fingerprint density at radius 1 is 1.25 bits per heavy atom. The fourth-order valence-electron chi connectivity index (χ4n) is 2.28. The first-order valence-corrected chi connectivity index (χ1v) is 6.62. The molecule has 0 aliphatic carbocycles. The standard InChI is InChI=1S/C16H13ClN2O/c1-9-7-10(5-6-14(9)18)16(20)12-8-19-15-11(12)3-2-4-13(15)17/h2-8,19H,18H2,1H3. The highest BCUT2D eigenvalue weighted by Gasteiger charge is 2.15. The highest BCUT2D eigenvalue weighted by Crippen LogP contribution is 2.27. The zero-order chi connectivity index (χ0) is 14.3. The SMILES string of the molecule is Cc1cc(C(=O)c2c[nH]c3c(Cl)cccc23)ccc1N. The number of nitrogens with one attached hydrogen (secondary N) is 1. The molecule has 0 atom stereocenters. The van der Waals surface area contributed by atoms with E-state index in [1.54, 1.807) is 30.5 Å². The molecule has 0 fully saturated rings. The molecule has 1 aromatic heterocycles. The number of halogens is 1. The molecule has 0 saturated heterocycles. The Labute approximate surface area is 121 Å². The van der Waals surface area contributed by atoms with Crippen LogP contribution in [0.4, 0.5) is 5.69 Å². The predicted molar refractivity (Wildman–Crippen MR) is 82.3 cm³/mol. The minimum atomic E-state index is -0.0402. The third kappa shape index (κ3) is 1.96. The van der Waals surface area contributed by atoms with Crippen LogP contribution in [0.15, 0.2) is 42.6 Å². The number of hydrogen-bond acceptors (Lipinski definition) is 2. The largest absolute Gasteiger partial charge is 0.399 e. The quantitative estimate of drug-likeness (QED) is 0.553. The number of aryl methyl sites for hydroxylation is 1. The molecule has 0 aliphatic rings. The summed E-state index contributed by atoms with van der Waals surface area (Å²) in [6.07, 6.45) is 1.70. The van der Waals surface area contributed by atoms with Gasteiger partial charge in [0.05, 0.1) is 10.5 Å². The molecule has 20 heavy (non-hydrogen) atoms. The number of nitrogens with two attached hydrogens (primary N) is 1. The van der Waals surface area contributed by atoms with Crippen molar-refractivity contribution in [3.8, 4) is 0 Å². The minimum Gasteiger partial charge on any atom is -0.399 e. The van der Waals surface area contributed by atoms with Crippen LogP contribution in [-0.2, 0) is 0 Å². The summed E-state index contributed by atoms with van der Waals surface area (Å²) in [6, 6.07) is 10.8. The van der Waals surface area contributed by atoms with Crippen LogP contribution in [0, 0.1) is 6.92 Å². The van der Waals surface area contributed by atoms with Crippen molar-refractivity contribution < 1.29 is 4.79 Å². The third-order valence-corrected chi connectivity index (χ3v) is 3.76. The summed E-state index contributed by atoms with van der Waals surface area (Å²) in [4.78, 5) is 15.6. The van der Waals surface area contributed by atoms with E-state index in [4.69, 9.17) is 17.3 Å². The van der Waals surface area contributed by atoms with Crippen LogP contribution >= 0.6 is 11.6 Å². The van der Waals surface area contributed by atoms with Gasteiger partial charge >= 0.3 is 0 Å². The number of aromatic nitrogens is 1. The van der Waals surface area contributed by atoms with E-state index in [0.29, 0.717) is 21.8 Å². The average molecular weight is 285 g/mol. The van der Waals surface area contributed by atoms with Gasteiger partial charge in [-0.2, -0.15) is 0 Å². The van der Waals surface area contributed by atoms with Crippen LogP contribution in [-0.4, -0.2) is 10.8 Å². The van der Waals surface area contributed by atoms with Crippen LogP contribution in [0.1, 0.15) is 21.5 Å². The fraction of sp³-hybridized carbons (Fsp3) is 0.0625. The van der Waals surface area contributed by atoms with E-state index in [2.05, 4.69) is 4.98 Å². The van der Waals surface area contributed by atoms with Gasteiger partial charge in [0.2, 0.25) is 0 Å². The van der Waals surface area contributed by atoms with Crippen molar-refractivity contribution in [2.24, 2.45) is 0 Å². The number of anilines is 1. The first-order chi connectivity index (χ1) is 9.58. The van der Waals surface area contributed by atoms with Gasteiger partial charge in [0.25, 0.3) is 0 Å². The lowest BCUT2D eigenvalue weighted by Gasteiger charge is -2.04. The van der Waals surface area contributed by atoms with E-state index < -0.39 is 0 Å². The van der Waals surface area contributed by atoms with Gasteiger partial charge in [-0.1, -0.05) is 23.7 Å². The van der Waals surface area contributed by atoms with Crippen molar-refractivity contribution >= 4 is 34.0 Å². The Bertz CT molecular complexity index is 820. The van der Waals surface area contributed by atoms with Gasteiger partial charge in [-0.15, -0.1) is 0 Å². The van der Waals surface area contributed by atoms with Gasteiger partial charge < -0.3 is 10.7 Å². The summed E-state index contributed by atoms with van der Waals surface area (Å²) < 4.78 is 0. The molecule has 3 aromatic rings. The summed E-state index contributed by atoms with van der Waals surface area (Å²) in [6.45, 7) is 1.89. The number of ketones is 1. The van der Waals surface area contributed by atoms with Crippen LogP contribution < -0.4 is 5.73 Å². The first kappa shape index (κ1) is 12.8. The summed E-state index contributed by atoms with van der Waals surface area (Å²) in [5, 5.41) is 1.44. The number of hydrogen-bond donors (Lipinski definition) is 2. The lowest BCUT2D eigenvalue weighted by atomic mass is 10.0. The number of fused-ring (bicyclic) bond motifs is 1. The van der Waals surface area contributed by atoms with E-state index in [1.807, 2.05) is 19.1 Å². The third-order valence-electron chi connectivity index (χ3n) is 3.44. The Morgan fingerprint density at radius 3 is 2.80 bits per heavy atom. The highest BCUT2D eigenvalue weighted by molar-refractivity contribution is 6.35. The van der Waals surface area contributed by atoms with E-state index in [-0.39, 0.29) is 5.78 Å². The molecule has 0 spiro atoms. The Balaban J connectivity index is 2.13. The molecule has 100 valence electrons. The summed E-state index contributed by atoms with van der Waals surface area (Å²) in [5.74, 6) is -0.0402. The lowest BCUT2D eigenvalue weighted by Crippen LogP contribution is -2.02. The normalized spacial score (nSPS) is 10.9. The van der Waals surface area contributed by atoms with Gasteiger partial charge in [-0.3, -0.25) is 4.79 Å². The van der Waals surface area contributed by atoms with Gasteiger partial charge in [-0.05, 0) is 36.8 Å². The molecular weight excluding hydrogens is 272 g/mol. The number of rotatable bonds is 2. The molecule has 0 aliphatic heterocycles. The topological polar surface area (TPSA) is 58.9 Å². The molecule has 0 amide bonds. The van der Waals surface area contributed by atoms with Gasteiger partial charge in [0.15, 0.2) is 5.78 Å². The number of benzene rings is 2. The van der Waals surface area contributed by atoms with E-state index in [0.717, 1.165) is 16.5 Å². The second kappa shape index (κ2) is 4.69. The van der Waals surface area contributed by atoms with Crippen molar-refractivity contribution in [2.75, 3.05) is 5.73 Å². The molecule has 0 radical (unpaired) electrons. The molecule has 0 unspecified atom stereocenters. The van der Waals surface area contributed by atoms with E-state index >= 15 is 0 Å². The number of carbonyl (C=O) groups is 1. The summed E-state index contributed by atoms with van der Waals surface area (Å²) in [5.41, 5.74) is 9.39. The van der Waals surface area contributed by atoms with E-state index in [9.17, 15) is 4.79 Å². The fourth-order valence-corrected chi connectivity index (χ4v) is 2.51. The number of carbonyl (C=O) groups excluding carboxylic acids is 1. The maximum atomic E-state index is 12.6. The molecule has 3 rings (SSSR count). The Morgan fingerprint density at radius 2 is 2.05 bits per heavy atom. The second-order valence-electron chi connectivity index (χ2n) is 4.77. The van der Waals surface area contributed by atoms with Crippen LogP contribution in [0.25, 0.3) is 10.9 Å². The van der Waals surface area contributed by atoms with Crippen LogP contribution in [0.5, 0.6) is 0 Å². The molecule has 3 N–H and O–H groups in total. The molecular formula is C16H13ClN2O. The van der Waals surface area contributed by atoms with Gasteiger partial charge in [0.1, 0.15) is 0 Å². The van der Waals surface area contributed by atoms with Gasteiger partial charge in [0, 0.05) is 28.4 Å². The van der Waals surface area contributed by atoms with Crippen LogP contribution in [0.3, 0.4) is 0 Å². The number of para-hydroxylation sites is 1. The molecule has 4 heteroatoms. The molecule has 0 bridgehead atoms. The van der Waals surface area contributed by atoms with Crippen molar-refractivity contribution in [3.63, 3.8) is 0 Å². The molecule has 2 aromatic carbocycles. The monoisotopic (exact) mass is 284 g/mol. The maximum Gasteiger partial charge on any atom is 0.195 e. The van der Waals surface area contributed by atoms with Crippen molar-refractivity contribution in [3.05, 3.63) is 64.3 Å². The molecule has 1 heterocycles. The Hall–Kier alpha value is -2.26. The number of aromatic amines is 1. The van der Waals surface area contributed by atoms with Crippen molar-refractivity contribution in [2.45, 2.75) is 6.92 Å². The van der Waals surface area contributed by atoms with Crippen molar-refractivity contribution in [1.29, 1.82) is 0 Å². The number of H-pyrrole nitrogens is 1. The lowest BCUT2D eigenvalue weighted by molar-refractivity contribution is 0.104. The predicted octanol–water partition coefficient (Wildman–Crippen LogP) is 3.94. The molecule has 0 saturated carbocycles. The average Bonchev–Trinajstić information content (AvgIpc) is 2.86. The summed E-state index contributed by atoms with van der Waals surface area (Å²) >= 11 is 6.11. The first-order valence-electron chi connectivity index (χ1n) is 6.24. The molecule has 3 nitrogen and oxygen atoms in total. The maximum absolute atomic E-state index is 12.6. The number of nitrogen functional groups attached to an aromatic ring is 1. The zero-order valence-electron chi connectivity index (χ0n) is 10.9. The smallest absolute Gasteiger partial charge is 0.195 e. The van der Waals surface area contributed by atoms with Crippen molar-refractivity contribution in [1.82, 2.24) is 4.98 Å². The highest BCUT2D eigenvalue weighted by atomic mass is 35.5. The second-order valence-corrected chi connectivity index (χ2v) is 5.17.